The fraction of sp³-hybridized carbons (Fsp3) is 0.467. The largest absolute Gasteiger partial charge is 0.371 e. The molecule has 210 valence electrons. The van der Waals surface area contributed by atoms with Crippen LogP contribution in [0, 0.1) is 34.3 Å². The number of para-hydroxylation sites is 1. The van der Waals surface area contributed by atoms with E-state index >= 15 is 0 Å². The van der Waals surface area contributed by atoms with Crippen LogP contribution in [-0.4, -0.2) is 47.3 Å². The van der Waals surface area contributed by atoms with E-state index in [9.17, 15) is 28.4 Å². The van der Waals surface area contributed by atoms with Gasteiger partial charge in [-0.05, 0) is 54.4 Å². The van der Waals surface area contributed by atoms with Crippen LogP contribution in [0.3, 0.4) is 0 Å². The van der Waals surface area contributed by atoms with Crippen LogP contribution in [0.25, 0.3) is 0 Å². The maximum absolute atomic E-state index is 14.4. The third-order valence-corrected chi connectivity index (χ3v) is 7.96. The van der Waals surface area contributed by atoms with Crippen molar-refractivity contribution < 1.29 is 23.2 Å². The van der Waals surface area contributed by atoms with Gasteiger partial charge in [0.2, 0.25) is 17.7 Å². The molecule has 40 heavy (non-hydrogen) atoms. The van der Waals surface area contributed by atoms with Crippen molar-refractivity contribution in [2.24, 2.45) is 11.3 Å². The predicted octanol–water partition coefficient (Wildman–Crippen LogP) is 4.09. The van der Waals surface area contributed by atoms with Crippen molar-refractivity contribution in [3.63, 3.8) is 0 Å². The first-order chi connectivity index (χ1) is 18.9. The molecule has 8 nitrogen and oxygen atoms in total. The number of carbonyl (C=O) groups excluding carboxylic acids is 3. The summed E-state index contributed by atoms with van der Waals surface area (Å²) in [6, 6.07) is 9.93. The van der Waals surface area contributed by atoms with E-state index in [1.54, 1.807) is 6.07 Å². The van der Waals surface area contributed by atoms with Gasteiger partial charge in [0.15, 0.2) is 0 Å². The second kappa shape index (κ2) is 10.2. The van der Waals surface area contributed by atoms with E-state index in [1.807, 2.05) is 39.0 Å². The Morgan fingerprint density at radius 1 is 1.20 bits per heavy atom. The molecule has 5 rings (SSSR count). The minimum absolute atomic E-state index is 0.00379. The van der Waals surface area contributed by atoms with E-state index in [0.29, 0.717) is 5.69 Å². The van der Waals surface area contributed by atoms with Gasteiger partial charge in [0.1, 0.15) is 29.8 Å². The van der Waals surface area contributed by atoms with E-state index in [4.69, 9.17) is 0 Å². The number of nitriles is 1. The van der Waals surface area contributed by atoms with E-state index in [2.05, 4.69) is 22.0 Å². The minimum atomic E-state index is -1.04. The molecular formula is C30H33F2N5O3. The molecule has 1 saturated heterocycles. The second-order valence-electron chi connectivity index (χ2n) is 12.3. The summed E-state index contributed by atoms with van der Waals surface area (Å²) in [6.45, 7) is 5.85. The van der Waals surface area contributed by atoms with Gasteiger partial charge in [0.05, 0.1) is 17.2 Å². The van der Waals surface area contributed by atoms with Crippen LogP contribution in [0.15, 0.2) is 42.5 Å². The molecule has 1 saturated carbocycles. The summed E-state index contributed by atoms with van der Waals surface area (Å²) in [5, 5.41) is 18.7. The first-order valence-corrected chi connectivity index (χ1v) is 13.5. The number of nitrogens with zero attached hydrogens (tertiary/aromatic N) is 2. The fourth-order valence-corrected chi connectivity index (χ4v) is 5.86. The summed E-state index contributed by atoms with van der Waals surface area (Å²) in [4.78, 5) is 42.2. The highest BCUT2D eigenvalue weighted by Gasteiger charge is 2.56. The lowest BCUT2D eigenvalue weighted by molar-refractivity contribution is -0.138. The van der Waals surface area contributed by atoms with Crippen LogP contribution in [0.4, 0.5) is 20.2 Å². The van der Waals surface area contributed by atoms with Gasteiger partial charge in [-0.3, -0.25) is 14.4 Å². The third kappa shape index (κ3) is 5.25. The van der Waals surface area contributed by atoms with Crippen LogP contribution in [0.2, 0.25) is 0 Å². The van der Waals surface area contributed by atoms with E-state index in [0.717, 1.165) is 30.5 Å². The van der Waals surface area contributed by atoms with Crippen LogP contribution in [0.5, 0.6) is 0 Å². The lowest BCUT2D eigenvalue weighted by Crippen LogP contribution is -2.55. The maximum Gasteiger partial charge on any atom is 0.246 e. The highest BCUT2D eigenvalue weighted by molar-refractivity contribution is 6.07. The molecule has 1 spiro atoms. The normalized spacial score (nSPS) is 23.2. The Morgan fingerprint density at radius 2 is 1.93 bits per heavy atom. The van der Waals surface area contributed by atoms with Crippen molar-refractivity contribution in [3.8, 4) is 6.07 Å². The Bertz CT molecular complexity index is 1400. The summed E-state index contributed by atoms with van der Waals surface area (Å²) in [7, 11) is 0. The molecule has 4 atom stereocenters. The lowest BCUT2D eigenvalue weighted by Gasteiger charge is -2.32. The number of rotatable bonds is 7. The van der Waals surface area contributed by atoms with Crippen LogP contribution >= 0.6 is 0 Å². The number of hydrogen-bond acceptors (Lipinski definition) is 5. The topological polar surface area (TPSA) is 114 Å². The predicted molar refractivity (Wildman–Crippen MR) is 145 cm³/mol. The molecule has 2 heterocycles. The standard InChI is InChI=1S/C30H33F2N5O3/c1-29(2,3)14-24(35-26(38)25(17-8-9-17)34-23-11-10-18(31)12-21(23)32)27(39)37-16-30(13-19(37)15-33)20-6-4-5-7-22(20)36-28(30)40/h4-7,10-12,17,19,24-25,34H,8-9,13-14,16H2,1-3H3,(H,35,38)(H,36,40)/t19-,24-,25-,30-/m0/s1. The van der Waals surface area contributed by atoms with Gasteiger partial charge in [-0.2, -0.15) is 5.26 Å². The van der Waals surface area contributed by atoms with Gasteiger partial charge in [0, 0.05) is 24.7 Å². The molecule has 1 aliphatic carbocycles. The zero-order valence-corrected chi connectivity index (χ0v) is 22.8. The molecule has 2 aliphatic heterocycles. The van der Waals surface area contributed by atoms with Gasteiger partial charge >= 0.3 is 0 Å². The van der Waals surface area contributed by atoms with E-state index < -0.39 is 47.0 Å². The smallest absolute Gasteiger partial charge is 0.246 e. The Balaban J connectivity index is 1.40. The summed E-state index contributed by atoms with van der Waals surface area (Å²) in [5.74, 6) is -2.75. The molecule has 10 heteroatoms. The molecule has 2 aromatic carbocycles. The SMILES string of the molecule is CC(C)(C)C[C@H](NC(=O)[C@@H](Nc1ccc(F)cc1F)C1CC1)C(=O)N1C[C@]2(C[C@H]1C#N)C(=O)Nc1ccccc12. The molecular weight excluding hydrogens is 516 g/mol. The molecule has 2 aromatic rings. The summed E-state index contributed by atoms with van der Waals surface area (Å²) < 4.78 is 27.8. The van der Waals surface area contributed by atoms with E-state index in [1.165, 1.54) is 11.0 Å². The molecule has 0 bridgehead atoms. The Hall–Kier alpha value is -4.00. The first kappa shape index (κ1) is 27.6. The van der Waals surface area contributed by atoms with Crippen molar-refractivity contribution in [1.29, 1.82) is 5.26 Å². The highest BCUT2D eigenvalue weighted by atomic mass is 19.1. The zero-order valence-electron chi connectivity index (χ0n) is 22.8. The molecule has 3 aliphatic rings. The number of halogens is 2. The van der Waals surface area contributed by atoms with Gasteiger partial charge < -0.3 is 20.9 Å². The molecule has 0 unspecified atom stereocenters. The fourth-order valence-electron chi connectivity index (χ4n) is 5.86. The number of benzene rings is 2. The number of carbonyl (C=O) groups is 3. The van der Waals surface area contributed by atoms with Crippen molar-refractivity contribution in [2.75, 3.05) is 17.2 Å². The quantitative estimate of drug-likeness (QED) is 0.482. The molecule has 0 aromatic heterocycles. The molecule has 2 fully saturated rings. The third-order valence-electron chi connectivity index (χ3n) is 7.96. The number of amides is 3. The summed E-state index contributed by atoms with van der Waals surface area (Å²) in [5.41, 5.74) is 0.0248. The van der Waals surface area contributed by atoms with E-state index in [-0.39, 0.29) is 42.3 Å². The van der Waals surface area contributed by atoms with Crippen LogP contribution < -0.4 is 16.0 Å². The van der Waals surface area contributed by atoms with Gasteiger partial charge in [-0.1, -0.05) is 39.0 Å². The highest BCUT2D eigenvalue weighted by Crippen LogP contribution is 2.46. The van der Waals surface area contributed by atoms with Crippen molar-refractivity contribution in [1.82, 2.24) is 10.2 Å². The Morgan fingerprint density at radius 3 is 2.58 bits per heavy atom. The molecule has 3 amide bonds. The monoisotopic (exact) mass is 549 g/mol. The zero-order chi connectivity index (χ0) is 28.8. The average Bonchev–Trinajstić information content (AvgIpc) is 3.59. The van der Waals surface area contributed by atoms with Crippen molar-refractivity contribution >= 4 is 29.1 Å². The second-order valence-corrected chi connectivity index (χ2v) is 12.3. The van der Waals surface area contributed by atoms with Crippen LogP contribution in [0.1, 0.15) is 52.0 Å². The van der Waals surface area contributed by atoms with Crippen LogP contribution in [-0.2, 0) is 19.8 Å². The number of anilines is 2. The number of likely N-dealkylation sites (tertiary alicyclic amines) is 1. The first-order valence-electron chi connectivity index (χ1n) is 13.5. The average molecular weight is 550 g/mol. The van der Waals surface area contributed by atoms with Gasteiger partial charge in [-0.25, -0.2) is 8.78 Å². The van der Waals surface area contributed by atoms with Gasteiger partial charge in [-0.15, -0.1) is 0 Å². The molecule has 0 radical (unpaired) electrons. The number of hydrogen-bond donors (Lipinski definition) is 3. The number of fused-ring (bicyclic) bond motifs is 2. The maximum atomic E-state index is 14.4. The number of nitrogens with one attached hydrogen (secondary N) is 3. The van der Waals surface area contributed by atoms with Crippen molar-refractivity contribution in [3.05, 3.63) is 59.7 Å². The summed E-state index contributed by atoms with van der Waals surface area (Å²) >= 11 is 0. The van der Waals surface area contributed by atoms with Gasteiger partial charge in [0.25, 0.3) is 0 Å². The molecule has 3 N–H and O–H groups in total. The summed E-state index contributed by atoms with van der Waals surface area (Å²) in [6.07, 6.45) is 1.95. The van der Waals surface area contributed by atoms with Crippen molar-refractivity contribution in [2.45, 2.75) is 70.0 Å². The lowest BCUT2D eigenvalue weighted by atomic mass is 9.80. The minimum Gasteiger partial charge on any atom is -0.371 e. The Labute approximate surface area is 232 Å². The Kier molecular flexibility index (Phi) is 7.02.